The van der Waals surface area contributed by atoms with Crippen LogP contribution in [0.25, 0.3) is 0 Å². The number of benzene rings is 2. The Labute approximate surface area is 171 Å². The van der Waals surface area contributed by atoms with Crippen LogP contribution in [0.2, 0.25) is 5.02 Å². The van der Waals surface area contributed by atoms with Crippen molar-refractivity contribution in [3.8, 4) is 5.75 Å². The van der Waals surface area contributed by atoms with Gasteiger partial charge in [0.05, 0.1) is 0 Å². The first kappa shape index (κ1) is 20.3. The molecule has 1 N–H and O–H groups in total. The van der Waals surface area contributed by atoms with E-state index < -0.39 is 6.10 Å². The molecule has 1 unspecified atom stereocenters. The van der Waals surface area contributed by atoms with Crippen LogP contribution in [-0.2, 0) is 13.1 Å². The van der Waals surface area contributed by atoms with Crippen LogP contribution in [0.5, 0.6) is 5.75 Å². The molecule has 4 nitrogen and oxygen atoms in total. The summed E-state index contributed by atoms with van der Waals surface area (Å²) in [6.45, 7) is 4.03. The van der Waals surface area contributed by atoms with Crippen molar-refractivity contribution in [2.24, 2.45) is 0 Å². The molecule has 1 aromatic heterocycles. The van der Waals surface area contributed by atoms with Gasteiger partial charge in [0.25, 0.3) is 0 Å². The standard InChI is InChI=1S/C23H25ClN2O2/c1-18-8-10-22(11-9-18)28-17-21(27)16-26(14-19-5-4-12-25-13-19)15-20-6-2-3-7-23(20)24/h2-13,21,27H,14-17H2,1H3. The summed E-state index contributed by atoms with van der Waals surface area (Å²) in [6.07, 6.45) is 2.97. The molecule has 2 aromatic carbocycles. The van der Waals surface area contributed by atoms with Gasteiger partial charge >= 0.3 is 0 Å². The van der Waals surface area contributed by atoms with Crippen LogP contribution < -0.4 is 4.74 Å². The highest BCUT2D eigenvalue weighted by Gasteiger charge is 2.15. The van der Waals surface area contributed by atoms with Gasteiger partial charge in [-0.1, -0.05) is 53.6 Å². The third-order valence-electron chi connectivity index (χ3n) is 4.41. The number of ether oxygens (including phenoxy) is 1. The minimum absolute atomic E-state index is 0.231. The number of aliphatic hydroxyl groups excluding tert-OH is 1. The van der Waals surface area contributed by atoms with Gasteiger partial charge in [-0.15, -0.1) is 0 Å². The molecule has 1 atom stereocenters. The summed E-state index contributed by atoms with van der Waals surface area (Å²) >= 11 is 6.34. The first-order chi connectivity index (χ1) is 13.6. The van der Waals surface area contributed by atoms with Crippen molar-refractivity contribution in [3.63, 3.8) is 0 Å². The fourth-order valence-corrected chi connectivity index (χ4v) is 3.18. The Morgan fingerprint density at radius 3 is 2.54 bits per heavy atom. The maximum absolute atomic E-state index is 10.5. The summed E-state index contributed by atoms with van der Waals surface area (Å²) in [4.78, 5) is 6.34. The van der Waals surface area contributed by atoms with Gasteiger partial charge in [-0.05, 0) is 42.3 Å². The number of nitrogens with zero attached hydrogens (tertiary/aromatic N) is 2. The monoisotopic (exact) mass is 396 g/mol. The summed E-state index contributed by atoms with van der Waals surface area (Å²) in [5.41, 5.74) is 3.29. The highest BCUT2D eigenvalue weighted by molar-refractivity contribution is 6.31. The molecule has 3 aromatic rings. The fraction of sp³-hybridized carbons (Fsp3) is 0.261. The van der Waals surface area contributed by atoms with Crippen molar-refractivity contribution >= 4 is 11.6 Å². The molecule has 0 bridgehead atoms. The smallest absolute Gasteiger partial charge is 0.119 e. The van der Waals surface area contributed by atoms with Gasteiger partial charge in [0.1, 0.15) is 18.5 Å². The predicted molar refractivity (Wildman–Crippen MR) is 112 cm³/mol. The van der Waals surface area contributed by atoms with Crippen molar-refractivity contribution < 1.29 is 9.84 Å². The van der Waals surface area contributed by atoms with Crippen molar-refractivity contribution in [2.45, 2.75) is 26.1 Å². The Morgan fingerprint density at radius 2 is 1.82 bits per heavy atom. The number of hydrogen-bond donors (Lipinski definition) is 1. The molecule has 0 saturated carbocycles. The molecule has 0 spiro atoms. The zero-order valence-electron chi connectivity index (χ0n) is 16.0. The van der Waals surface area contributed by atoms with Gasteiger partial charge in [0.2, 0.25) is 0 Å². The molecule has 0 aliphatic carbocycles. The lowest BCUT2D eigenvalue weighted by Crippen LogP contribution is -2.35. The lowest BCUT2D eigenvalue weighted by atomic mass is 10.1. The number of pyridine rings is 1. The van der Waals surface area contributed by atoms with E-state index in [-0.39, 0.29) is 6.61 Å². The van der Waals surface area contributed by atoms with Crippen LogP contribution in [-0.4, -0.2) is 34.2 Å². The Hall–Kier alpha value is -2.40. The van der Waals surface area contributed by atoms with Gasteiger partial charge in [-0.25, -0.2) is 0 Å². The minimum atomic E-state index is -0.625. The van der Waals surface area contributed by atoms with Crippen molar-refractivity contribution in [1.29, 1.82) is 0 Å². The van der Waals surface area contributed by atoms with Crippen LogP contribution in [0.4, 0.5) is 0 Å². The van der Waals surface area contributed by atoms with Crippen molar-refractivity contribution in [2.75, 3.05) is 13.2 Å². The average Bonchev–Trinajstić information content (AvgIpc) is 2.70. The highest BCUT2D eigenvalue weighted by Crippen LogP contribution is 2.19. The van der Waals surface area contributed by atoms with E-state index in [1.54, 1.807) is 6.20 Å². The van der Waals surface area contributed by atoms with Crippen molar-refractivity contribution in [1.82, 2.24) is 9.88 Å². The Bertz CT molecular complexity index is 856. The minimum Gasteiger partial charge on any atom is -0.491 e. The number of halogens is 1. The summed E-state index contributed by atoms with van der Waals surface area (Å²) in [5, 5.41) is 11.3. The molecule has 0 aliphatic heterocycles. The zero-order valence-corrected chi connectivity index (χ0v) is 16.7. The third-order valence-corrected chi connectivity index (χ3v) is 4.78. The van der Waals surface area contributed by atoms with E-state index in [2.05, 4.69) is 9.88 Å². The topological polar surface area (TPSA) is 45.6 Å². The number of aliphatic hydroxyl groups is 1. The predicted octanol–water partition coefficient (Wildman–Crippen LogP) is 4.49. The Morgan fingerprint density at radius 1 is 1.04 bits per heavy atom. The van der Waals surface area contributed by atoms with Crippen LogP contribution in [0.15, 0.2) is 73.1 Å². The molecular weight excluding hydrogens is 372 g/mol. The second kappa shape index (κ2) is 10.2. The van der Waals surface area contributed by atoms with Crippen LogP contribution in [0.1, 0.15) is 16.7 Å². The lowest BCUT2D eigenvalue weighted by molar-refractivity contribution is 0.0628. The third kappa shape index (κ3) is 6.34. The van der Waals surface area contributed by atoms with Gasteiger partial charge in [-0.2, -0.15) is 0 Å². The Balaban J connectivity index is 1.63. The number of aromatic nitrogens is 1. The molecule has 5 heteroatoms. The number of aryl methyl sites for hydroxylation is 1. The van der Waals surface area contributed by atoms with E-state index in [4.69, 9.17) is 16.3 Å². The molecule has 146 valence electrons. The average molecular weight is 397 g/mol. The van der Waals surface area contributed by atoms with Crippen LogP contribution >= 0.6 is 11.6 Å². The van der Waals surface area contributed by atoms with Gasteiger partial charge in [0.15, 0.2) is 0 Å². The van der Waals surface area contributed by atoms with E-state index in [0.717, 1.165) is 21.9 Å². The number of rotatable bonds is 9. The summed E-state index contributed by atoms with van der Waals surface area (Å²) in [5.74, 6) is 0.759. The maximum atomic E-state index is 10.5. The van der Waals surface area contributed by atoms with Gasteiger partial charge in [0, 0.05) is 37.1 Å². The summed E-state index contributed by atoms with van der Waals surface area (Å²) in [6, 6.07) is 19.5. The van der Waals surface area contributed by atoms with Gasteiger partial charge in [-0.3, -0.25) is 9.88 Å². The first-order valence-electron chi connectivity index (χ1n) is 9.32. The first-order valence-corrected chi connectivity index (χ1v) is 9.70. The lowest BCUT2D eigenvalue weighted by Gasteiger charge is -2.25. The molecule has 0 amide bonds. The molecule has 0 saturated heterocycles. The van der Waals surface area contributed by atoms with Crippen LogP contribution in [0, 0.1) is 6.92 Å². The molecular formula is C23H25ClN2O2. The quantitative estimate of drug-likeness (QED) is 0.579. The SMILES string of the molecule is Cc1ccc(OCC(O)CN(Cc2cccnc2)Cc2ccccc2Cl)cc1. The van der Waals surface area contributed by atoms with E-state index in [0.29, 0.717) is 19.6 Å². The van der Waals surface area contributed by atoms with E-state index >= 15 is 0 Å². The maximum Gasteiger partial charge on any atom is 0.119 e. The summed E-state index contributed by atoms with van der Waals surface area (Å²) < 4.78 is 5.73. The summed E-state index contributed by atoms with van der Waals surface area (Å²) in [7, 11) is 0. The molecule has 0 radical (unpaired) electrons. The molecule has 3 rings (SSSR count). The highest BCUT2D eigenvalue weighted by atomic mass is 35.5. The Kier molecular flexibility index (Phi) is 7.43. The molecule has 1 heterocycles. The second-order valence-corrected chi connectivity index (χ2v) is 7.31. The largest absolute Gasteiger partial charge is 0.491 e. The molecule has 0 fully saturated rings. The zero-order chi connectivity index (χ0) is 19.8. The van der Waals surface area contributed by atoms with Crippen molar-refractivity contribution in [3.05, 3.63) is 94.8 Å². The molecule has 0 aliphatic rings. The van der Waals surface area contributed by atoms with E-state index in [1.807, 2.05) is 73.8 Å². The fourth-order valence-electron chi connectivity index (χ4n) is 2.98. The number of hydrogen-bond acceptors (Lipinski definition) is 4. The van der Waals surface area contributed by atoms with E-state index in [9.17, 15) is 5.11 Å². The normalized spacial score (nSPS) is 12.1. The van der Waals surface area contributed by atoms with Crippen LogP contribution in [0.3, 0.4) is 0 Å². The molecule has 28 heavy (non-hydrogen) atoms. The second-order valence-electron chi connectivity index (χ2n) is 6.90. The van der Waals surface area contributed by atoms with E-state index in [1.165, 1.54) is 5.56 Å². The van der Waals surface area contributed by atoms with Gasteiger partial charge < -0.3 is 9.84 Å².